The Kier molecular flexibility index (Phi) is 5.06. The number of nitro benzene ring substituents is 1. The van der Waals surface area contributed by atoms with Crippen LogP contribution in [0.5, 0.6) is 0 Å². The van der Waals surface area contributed by atoms with Gasteiger partial charge in [0.15, 0.2) is 5.58 Å². The van der Waals surface area contributed by atoms with Crippen LogP contribution in [-0.4, -0.2) is 16.1 Å². The molecule has 0 bridgehead atoms. The Hall–Kier alpha value is -4.52. The third kappa shape index (κ3) is 4.16. The summed E-state index contributed by atoms with van der Waals surface area (Å²) in [5, 5.41) is 11.2. The van der Waals surface area contributed by atoms with Crippen molar-refractivity contribution in [2.75, 3.05) is 0 Å². The third-order valence-electron chi connectivity index (χ3n) is 5.29. The molecule has 0 unspecified atom stereocenters. The normalized spacial score (nSPS) is 11.5. The average molecular weight is 437 g/mol. The van der Waals surface area contributed by atoms with Crippen molar-refractivity contribution in [3.8, 4) is 22.8 Å². The van der Waals surface area contributed by atoms with Gasteiger partial charge in [0.2, 0.25) is 5.89 Å². The topological polar surface area (TPSA) is 94.7 Å². The summed E-state index contributed by atoms with van der Waals surface area (Å²) in [6.07, 6.45) is 1.61. The molecule has 7 nitrogen and oxygen atoms in total. The molecule has 0 aliphatic rings. The van der Waals surface area contributed by atoms with Crippen molar-refractivity contribution in [1.29, 1.82) is 0 Å². The second-order valence-corrected chi connectivity index (χ2v) is 7.76. The van der Waals surface area contributed by atoms with E-state index in [1.165, 1.54) is 6.07 Å². The summed E-state index contributed by atoms with van der Waals surface area (Å²) in [4.78, 5) is 19.9. The molecule has 33 heavy (non-hydrogen) atoms. The smallest absolute Gasteiger partial charge is 0.273 e. The lowest BCUT2D eigenvalue weighted by Gasteiger charge is -2.00. The van der Waals surface area contributed by atoms with E-state index in [1.54, 1.807) is 37.4 Å². The predicted octanol–water partition coefficient (Wildman–Crippen LogP) is 7.03. The van der Waals surface area contributed by atoms with E-state index < -0.39 is 4.92 Å². The predicted molar refractivity (Wildman–Crippen MR) is 127 cm³/mol. The second-order valence-electron chi connectivity index (χ2n) is 7.76. The minimum atomic E-state index is -0.394. The van der Waals surface area contributed by atoms with Gasteiger partial charge in [0.05, 0.1) is 16.8 Å². The molecule has 0 amide bonds. The van der Waals surface area contributed by atoms with Gasteiger partial charge in [-0.1, -0.05) is 24.3 Å². The van der Waals surface area contributed by atoms with Crippen LogP contribution in [-0.2, 0) is 0 Å². The number of nitro groups is 1. The van der Waals surface area contributed by atoms with Crippen molar-refractivity contribution in [3.05, 3.63) is 99.8 Å². The van der Waals surface area contributed by atoms with Crippen molar-refractivity contribution in [3.63, 3.8) is 0 Å². The van der Waals surface area contributed by atoms with Crippen molar-refractivity contribution in [2.45, 2.75) is 13.8 Å². The molecule has 0 atom stereocenters. The number of fused-ring (bicyclic) bond motifs is 1. The van der Waals surface area contributed by atoms with Crippen LogP contribution in [0, 0.1) is 24.0 Å². The van der Waals surface area contributed by atoms with Crippen LogP contribution in [0.1, 0.15) is 16.9 Å². The molecule has 3 aromatic carbocycles. The number of rotatable bonds is 5. The molecule has 5 aromatic rings. The van der Waals surface area contributed by atoms with E-state index in [2.05, 4.69) is 9.98 Å². The van der Waals surface area contributed by atoms with Crippen molar-refractivity contribution in [2.24, 2.45) is 4.99 Å². The van der Waals surface area contributed by atoms with Crippen LogP contribution >= 0.6 is 0 Å². The lowest BCUT2D eigenvalue weighted by atomic mass is 10.1. The zero-order valence-electron chi connectivity index (χ0n) is 18.0. The van der Waals surface area contributed by atoms with Gasteiger partial charge >= 0.3 is 0 Å². The van der Waals surface area contributed by atoms with E-state index in [9.17, 15) is 10.1 Å². The number of nitrogens with zero attached hydrogens (tertiary/aromatic N) is 3. The summed E-state index contributed by atoms with van der Waals surface area (Å²) in [6, 6.07) is 22.0. The molecule has 0 radical (unpaired) electrons. The van der Waals surface area contributed by atoms with E-state index in [-0.39, 0.29) is 5.69 Å². The van der Waals surface area contributed by atoms with Crippen molar-refractivity contribution >= 4 is 28.7 Å². The number of aromatic nitrogens is 1. The quantitative estimate of drug-likeness (QED) is 0.167. The largest absolute Gasteiger partial charge is 0.455 e. The Bertz CT molecular complexity index is 1530. The van der Waals surface area contributed by atoms with Gasteiger partial charge in [0.25, 0.3) is 5.69 Å². The first-order valence-electron chi connectivity index (χ1n) is 10.3. The SMILES string of the molecule is Cc1ccc2oc(-c3cccc(N=Cc4ccc(-c5ccc(C)c([N+](=O)[O-])c5)o4)c3)nc2c1. The van der Waals surface area contributed by atoms with Crippen LogP contribution in [0.3, 0.4) is 0 Å². The molecular formula is C26H19N3O4. The molecule has 2 aromatic heterocycles. The Morgan fingerprint density at radius 2 is 1.82 bits per heavy atom. The maximum absolute atomic E-state index is 11.2. The van der Waals surface area contributed by atoms with Gasteiger partial charge in [-0.25, -0.2) is 4.98 Å². The Balaban J connectivity index is 1.39. The highest BCUT2D eigenvalue weighted by atomic mass is 16.6. The van der Waals surface area contributed by atoms with Gasteiger partial charge in [-0.3, -0.25) is 15.1 Å². The van der Waals surface area contributed by atoms with E-state index in [1.807, 2.05) is 49.4 Å². The highest BCUT2D eigenvalue weighted by Gasteiger charge is 2.14. The number of benzene rings is 3. The molecule has 162 valence electrons. The fourth-order valence-corrected chi connectivity index (χ4v) is 3.56. The molecule has 0 spiro atoms. The highest BCUT2D eigenvalue weighted by molar-refractivity contribution is 5.81. The molecule has 2 heterocycles. The minimum absolute atomic E-state index is 0.0605. The van der Waals surface area contributed by atoms with Crippen molar-refractivity contribution in [1.82, 2.24) is 4.98 Å². The second kappa shape index (κ2) is 8.20. The maximum Gasteiger partial charge on any atom is 0.273 e. The zero-order valence-corrected chi connectivity index (χ0v) is 18.0. The monoisotopic (exact) mass is 437 g/mol. The molecule has 0 aliphatic heterocycles. The number of hydrogen-bond acceptors (Lipinski definition) is 6. The third-order valence-corrected chi connectivity index (χ3v) is 5.29. The molecule has 5 rings (SSSR count). The number of hydrogen-bond donors (Lipinski definition) is 0. The average Bonchev–Trinajstić information content (AvgIpc) is 3.45. The van der Waals surface area contributed by atoms with Crippen LogP contribution in [0.25, 0.3) is 33.9 Å². The Labute approximate surface area is 189 Å². The lowest BCUT2D eigenvalue weighted by molar-refractivity contribution is -0.385. The molecule has 0 N–H and O–H groups in total. The Morgan fingerprint density at radius 3 is 2.67 bits per heavy atom. The first-order chi connectivity index (χ1) is 16.0. The zero-order chi connectivity index (χ0) is 22.9. The fraction of sp³-hybridized carbons (Fsp3) is 0.0769. The molecular weight excluding hydrogens is 418 g/mol. The molecule has 0 saturated heterocycles. The molecule has 0 fully saturated rings. The van der Waals surface area contributed by atoms with Gasteiger partial charge < -0.3 is 8.83 Å². The number of aliphatic imine (C=N–C) groups is 1. The summed E-state index contributed by atoms with van der Waals surface area (Å²) in [6.45, 7) is 3.72. The van der Waals surface area contributed by atoms with Gasteiger partial charge in [-0.2, -0.15) is 0 Å². The summed E-state index contributed by atoms with van der Waals surface area (Å²) < 4.78 is 11.7. The summed E-state index contributed by atoms with van der Waals surface area (Å²) >= 11 is 0. The van der Waals surface area contributed by atoms with E-state index in [0.29, 0.717) is 28.5 Å². The van der Waals surface area contributed by atoms with Gasteiger partial charge in [-0.05, 0) is 61.9 Å². The Morgan fingerprint density at radius 1 is 0.939 bits per heavy atom. The van der Waals surface area contributed by atoms with E-state index in [0.717, 1.165) is 27.9 Å². The fourth-order valence-electron chi connectivity index (χ4n) is 3.56. The van der Waals surface area contributed by atoms with Crippen LogP contribution in [0.4, 0.5) is 11.4 Å². The summed E-state index contributed by atoms with van der Waals surface area (Å²) in [5.41, 5.74) is 5.53. The van der Waals surface area contributed by atoms with E-state index in [4.69, 9.17) is 8.83 Å². The van der Waals surface area contributed by atoms with Crippen LogP contribution < -0.4 is 0 Å². The highest BCUT2D eigenvalue weighted by Crippen LogP contribution is 2.29. The summed E-state index contributed by atoms with van der Waals surface area (Å²) in [7, 11) is 0. The van der Waals surface area contributed by atoms with Crippen LogP contribution in [0.15, 0.2) is 86.6 Å². The number of oxazole rings is 1. The number of aryl methyl sites for hydroxylation is 2. The standard InChI is InChI=1S/C26H19N3O4/c1-16-6-10-25-22(12-16)28-26(33-25)19-4-3-5-20(13-19)27-15-21-9-11-24(32-21)18-8-7-17(2)23(14-18)29(30)31/h3-15H,1-2H3. The molecule has 0 aliphatic carbocycles. The first-order valence-corrected chi connectivity index (χ1v) is 10.3. The maximum atomic E-state index is 11.2. The number of furan rings is 1. The summed E-state index contributed by atoms with van der Waals surface area (Å²) in [5.74, 6) is 1.61. The minimum Gasteiger partial charge on any atom is -0.455 e. The van der Waals surface area contributed by atoms with Gasteiger partial charge in [0.1, 0.15) is 17.0 Å². The van der Waals surface area contributed by atoms with Gasteiger partial charge in [0, 0.05) is 22.8 Å². The van der Waals surface area contributed by atoms with Gasteiger partial charge in [-0.15, -0.1) is 0 Å². The molecule has 0 saturated carbocycles. The van der Waals surface area contributed by atoms with E-state index >= 15 is 0 Å². The molecule has 7 heteroatoms. The van der Waals surface area contributed by atoms with Crippen molar-refractivity contribution < 1.29 is 13.8 Å². The lowest BCUT2D eigenvalue weighted by Crippen LogP contribution is -1.91. The first kappa shape index (κ1) is 20.4. The van der Waals surface area contributed by atoms with Crippen LogP contribution in [0.2, 0.25) is 0 Å².